The largest absolute Gasteiger partial charge is 0.344 e. The molecular weight excluding hydrogens is 362 g/mol. The quantitative estimate of drug-likeness (QED) is 0.727. The molecule has 27 heavy (non-hydrogen) atoms. The predicted octanol–water partition coefficient (Wildman–Crippen LogP) is 2.41. The molecular formula is C20H27N3O3S. The van der Waals surface area contributed by atoms with Crippen LogP contribution in [-0.4, -0.2) is 45.9 Å². The highest BCUT2D eigenvalue weighted by Crippen LogP contribution is 2.16. The van der Waals surface area contributed by atoms with Gasteiger partial charge in [-0.05, 0) is 57.8 Å². The molecule has 0 radical (unpaired) electrons. The maximum atomic E-state index is 12.7. The molecule has 2 aromatic carbocycles. The fourth-order valence-corrected chi connectivity index (χ4v) is 3.94. The van der Waals surface area contributed by atoms with Gasteiger partial charge in [0.25, 0.3) is 5.91 Å². The zero-order valence-corrected chi connectivity index (χ0v) is 17.0. The van der Waals surface area contributed by atoms with E-state index in [-0.39, 0.29) is 22.9 Å². The van der Waals surface area contributed by atoms with Gasteiger partial charge in [0.1, 0.15) is 0 Å². The van der Waals surface area contributed by atoms with Gasteiger partial charge in [-0.1, -0.05) is 30.3 Å². The molecule has 6 nitrogen and oxygen atoms in total. The zero-order chi connectivity index (χ0) is 20.0. The summed E-state index contributed by atoms with van der Waals surface area (Å²) in [6, 6.07) is 15.3. The fraction of sp³-hybridized carbons (Fsp3) is 0.350. The minimum atomic E-state index is -3.57. The molecule has 0 spiro atoms. The number of carbonyl (C=O) groups excluding carboxylic acids is 1. The van der Waals surface area contributed by atoms with E-state index in [0.717, 1.165) is 5.56 Å². The van der Waals surface area contributed by atoms with Crippen molar-refractivity contribution in [3.8, 4) is 0 Å². The van der Waals surface area contributed by atoms with Crippen molar-refractivity contribution in [2.24, 2.45) is 0 Å². The molecule has 0 saturated heterocycles. The third-order valence-electron chi connectivity index (χ3n) is 3.87. The fourth-order valence-electron chi connectivity index (χ4n) is 2.69. The van der Waals surface area contributed by atoms with Crippen molar-refractivity contribution in [3.63, 3.8) is 0 Å². The van der Waals surface area contributed by atoms with Crippen LogP contribution in [0.4, 0.5) is 0 Å². The average molecular weight is 390 g/mol. The van der Waals surface area contributed by atoms with Gasteiger partial charge in [-0.2, -0.15) is 0 Å². The first-order valence-electron chi connectivity index (χ1n) is 8.82. The van der Waals surface area contributed by atoms with Gasteiger partial charge in [-0.3, -0.25) is 4.79 Å². The van der Waals surface area contributed by atoms with E-state index in [1.54, 1.807) is 13.8 Å². The van der Waals surface area contributed by atoms with Crippen molar-refractivity contribution in [2.75, 3.05) is 20.6 Å². The van der Waals surface area contributed by atoms with Crippen LogP contribution in [0.25, 0.3) is 0 Å². The van der Waals surface area contributed by atoms with E-state index < -0.39 is 10.0 Å². The van der Waals surface area contributed by atoms with Gasteiger partial charge in [0.15, 0.2) is 0 Å². The van der Waals surface area contributed by atoms with Crippen LogP contribution in [-0.2, 0) is 10.0 Å². The molecule has 0 aliphatic rings. The molecule has 2 rings (SSSR count). The highest BCUT2D eigenvalue weighted by atomic mass is 32.2. The Morgan fingerprint density at radius 1 is 1.00 bits per heavy atom. The van der Waals surface area contributed by atoms with Crippen LogP contribution in [0.3, 0.4) is 0 Å². The number of sulfonamides is 1. The van der Waals surface area contributed by atoms with Gasteiger partial charge >= 0.3 is 0 Å². The number of nitrogens with zero attached hydrogens (tertiary/aromatic N) is 1. The van der Waals surface area contributed by atoms with E-state index in [0.29, 0.717) is 12.1 Å². The molecule has 0 aromatic heterocycles. The van der Waals surface area contributed by atoms with Crippen LogP contribution < -0.4 is 10.0 Å². The number of carbonyl (C=O) groups is 1. The molecule has 0 fully saturated rings. The van der Waals surface area contributed by atoms with Crippen molar-refractivity contribution in [3.05, 3.63) is 65.7 Å². The van der Waals surface area contributed by atoms with Gasteiger partial charge in [-0.25, -0.2) is 13.1 Å². The number of likely N-dealkylation sites (N-methyl/N-ethyl adjacent to an activating group) is 1. The molecule has 7 heteroatoms. The monoisotopic (exact) mass is 389 g/mol. The smallest absolute Gasteiger partial charge is 0.251 e. The lowest BCUT2D eigenvalue weighted by Crippen LogP contribution is -2.35. The zero-order valence-electron chi connectivity index (χ0n) is 16.1. The second-order valence-corrected chi connectivity index (χ2v) is 8.71. The molecule has 0 aliphatic heterocycles. The first-order chi connectivity index (χ1) is 12.7. The molecule has 0 heterocycles. The molecule has 0 unspecified atom stereocenters. The first kappa shape index (κ1) is 21.1. The minimum Gasteiger partial charge on any atom is -0.344 e. The summed E-state index contributed by atoms with van der Waals surface area (Å²) >= 11 is 0. The summed E-state index contributed by atoms with van der Waals surface area (Å²) in [7, 11) is 0.323. The Hall–Kier alpha value is -2.22. The Balaban J connectivity index is 2.16. The van der Waals surface area contributed by atoms with Crippen LogP contribution in [0.15, 0.2) is 59.5 Å². The Morgan fingerprint density at radius 3 is 2.11 bits per heavy atom. The summed E-state index contributed by atoms with van der Waals surface area (Å²) in [5.74, 6) is -0.244. The first-order valence-corrected chi connectivity index (χ1v) is 10.3. The summed E-state index contributed by atoms with van der Waals surface area (Å²) in [4.78, 5) is 14.8. The van der Waals surface area contributed by atoms with E-state index >= 15 is 0 Å². The lowest BCUT2D eigenvalue weighted by molar-refractivity contribution is 0.0930. The summed E-state index contributed by atoms with van der Waals surface area (Å²) in [5, 5.41) is 3.03. The molecule has 146 valence electrons. The SMILES string of the molecule is CC(C)NS(=O)(=O)c1ccc(C(=O)N[C@H](CN(C)C)c2ccccc2)cc1. The Morgan fingerprint density at radius 2 is 1.59 bits per heavy atom. The van der Waals surface area contributed by atoms with E-state index in [1.165, 1.54) is 24.3 Å². The highest BCUT2D eigenvalue weighted by Gasteiger charge is 2.19. The molecule has 1 amide bonds. The average Bonchev–Trinajstić information content (AvgIpc) is 2.60. The van der Waals surface area contributed by atoms with Crippen molar-refractivity contribution < 1.29 is 13.2 Å². The van der Waals surface area contributed by atoms with E-state index in [2.05, 4.69) is 10.0 Å². The Bertz CT molecular complexity index is 848. The number of amides is 1. The number of rotatable bonds is 8. The molecule has 0 aliphatic carbocycles. The second kappa shape index (κ2) is 9.12. The van der Waals surface area contributed by atoms with Crippen molar-refractivity contribution >= 4 is 15.9 Å². The van der Waals surface area contributed by atoms with Crippen LogP contribution in [0.2, 0.25) is 0 Å². The summed E-state index contributed by atoms with van der Waals surface area (Å²) in [6.07, 6.45) is 0. The van der Waals surface area contributed by atoms with Crippen molar-refractivity contribution in [1.29, 1.82) is 0 Å². The standard InChI is InChI=1S/C20H27N3O3S/c1-15(2)22-27(25,26)18-12-10-17(11-13-18)20(24)21-19(14-23(3)4)16-8-6-5-7-9-16/h5-13,15,19,22H,14H2,1-4H3,(H,21,24)/t19-/m1/s1. The van der Waals surface area contributed by atoms with Gasteiger partial charge < -0.3 is 10.2 Å². The number of benzene rings is 2. The molecule has 0 saturated carbocycles. The summed E-state index contributed by atoms with van der Waals surface area (Å²) < 4.78 is 26.9. The van der Waals surface area contributed by atoms with Crippen molar-refractivity contribution in [1.82, 2.24) is 14.9 Å². The van der Waals surface area contributed by atoms with E-state index in [4.69, 9.17) is 0 Å². The lowest BCUT2D eigenvalue weighted by Gasteiger charge is -2.23. The number of hydrogen-bond donors (Lipinski definition) is 2. The van der Waals surface area contributed by atoms with Crippen LogP contribution >= 0.6 is 0 Å². The van der Waals surface area contributed by atoms with Gasteiger partial charge in [0.05, 0.1) is 10.9 Å². The van der Waals surface area contributed by atoms with Crippen LogP contribution in [0, 0.1) is 0 Å². The van der Waals surface area contributed by atoms with Gasteiger partial charge in [-0.15, -0.1) is 0 Å². The van der Waals surface area contributed by atoms with E-state index in [1.807, 2.05) is 49.3 Å². The summed E-state index contributed by atoms with van der Waals surface area (Å²) in [5.41, 5.74) is 1.43. The third-order valence-corrected chi connectivity index (χ3v) is 5.55. The van der Waals surface area contributed by atoms with Crippen LogP contribution in [0.5, 0.6) is 0 Å². The van der Waals surface area contributed by atoms with Crippen LogP contribution in [0.1, 0.15) is 35.8 Å². The maximum absolute atomic E-state index is 12.7. The van der Waals surface area contributed by atoms with Crippen molar-refractivity contribution in [2.45, 2.75) is 30.8 Å². The Labute approximate surface area is 161 Å². The topological polar surface area (TPSA) is 78.5 Å². The highest BCUT2D eigenvalue weighted by molar-refractivity contribution is 7.89. The third kappa shape index (κ3) is 6.16. The van der Waals surface area contributed by atoms with Gasteiger partial charge in [0.2, 0.25) is 10.0 Å². The Kier molecular flexibility index (Phi) is 7.12. The predicted molar refractivity (Wildman–Crippen MR) is 107 cm³/mol. The molecule has 2 N–H and O–H groups in total. The normalized spacial score (nSPS) is 13.0. The lowest BCUT2D eigenvalue weighted by atomic mass is 10.1. The van der Waals surface area contributed by atoms with Gasteiger partial charge in [0, 0.05) is 18.2 Å². The molecule has 2 aromatic rings. The second-order valence-electron chi connectivity index (χ2n) is 7.00. The van der Waals surface area contributed by atoms with E-state index in [9.17, 15) is 13.2 Å². The number of hydrogen-bond acceptors (Lipinski definition) is 4. The maximum Gasteiger partial charge on any atom is 0.251 e. The summed E-state index contributed by atoms with van der Waals surface area (Å²) in [6.45, 7) is 4.17. The molecule has 0 bridgehead atoms. The minimum absolute atomic E-state index is 0.139. The molecule has 1 atom stereocenters. The number of nitrogens with one attached hydrogen (secondary N) is 2.